The number of fused-ring (bicyclic) bond motifs is 1. The van der Waals surface area contributed by atoms with Gasteiger partial charge in [-0.1, -0.05) is 29.8 Å². The molecule has 2 aromatic carbocycles. The van der Waals surface area contributed by atoms with Crippen molar-refractivity contribution in [1.29, 1.82) is 0 Å². The van der Waals surface area contributed by atoms with E-state index in [1.807, 2.05) is 31.2 Å². The molecule has 1 heterocycles. The van der Waals surface area contributed by atoms with Crippen LogP contribution in [0.5, 0.6) is 5.75 Å². The molecule has 3 rings (SSSR count). The normalized spacial score (nSPS) is 16.2. The lowest BCUT2D eigenvalue weighted by Crippen LogP contribution is -2.30. The number of halogens is 1. The van der Waals surface area contributed by atoms with Crippen LogP contribution in [0.2, 0.25) is 5.02 Å². The Labute approximate surface area is 145 Å². The zero-order chi connectivity index (χ0) is 17.1. The van der Waals surface area contributed by atoms with Gasteiger partial charge in [0.2, 0.25) is 5.91 Å². The van der Waals surface area contributed by atoms with Gasteiger partial charge in [0.15, 0.2) is 0 Å². The molecule has 0 aliphatic carbocycles. The SMILES string of the molecule is Cc1cc(Cl)ccc1OC(=O)CC[C@H]1Cc2ccccc2NC1=O. The van der Waals surface area contributed by atoms with Crippen LogP contribution < -0.4 is 10.1 Å². The number of aryl methyl sites for hydroxylation is 1. The van der Waals surface area contributed by atoms with Crippen molar-refractivity contribution >= 4 is 29.2 Å². The first-order valence-electron chi connectivity index (χ1n) is 7.88. The van der Waals surface area contributed by atoms with Gasteiger partial charge >= 0.3 is 5.97 Å². The summed E-state index contributed by atoms with van der Waals surface area (Å²) in [7, 11) is 0. The third-order valence-electron chi connectivity index (χ3n) is 4.17. The van der Waals surface area contributed by atoms with Crippen molar-refractivity contribution in [1.82, 2.24) is 0 Å². The average Bonchev–Trinajstić information content (AvgIpc) is 2.55. The maximum atomic E-state index is 12.1. The Balaban J connectivity index is 1.57. The number of hydrogen-bond acceptors (Lipinski definition) is 3. The molecule has 0 radical (unpaired) electrons. The summed E-state index contributed by atoms with van der Waals surface area (Å²) in [5, 5.41) is 3.49. The van der Waals surface area contributed by atoms with Gasteiger partial charge in [0, 0.05) is 23.0 Å². The molecule has 1 N–H and O–H groups in total. The summed E-state index contributed by atoms with van der Waals surface area (Å²) in [5.74, 6) is -0.0853. The predicted octanol–water partition coefficient (Wildman–Crippen LogP) is 4.15. The molecular weight excluding hydrogens is 326 g/mol. The Kier molecular flexibility index (Phi) is 4.86. The number of ether oxygens (including phenoxy) is 1. The lowest BCUT2D eigenvalue weighted by atomic mass is 9.90. The minimum Gasteiger partial charge on any atom is -0.426 e. The second kappa shape index (κ2) is 7.05. The van der Waals surface area contributed by atoms with E-state index in [2.05, 4.69) is 5.32 Å². The van der Waals surface area contributed by atoms with E-state index in [-0.39, 0.29) is 24.2 Å². The fourth-order valence-electron chi connectivity index (χ4n) is 2.84. The van der Waals surface area contributed by atoms with Crippen molar-refractivity contribution < 1.29 is 14.3 Å². The fourth-order valence-corrected chi connectivity index (χ4v) is 3.07. The monoisotopic (exact) mass is 343 g/mol. The van der Waals surface area contributed by atoms with E-state index in [1.54, 1.807) is 18.2 Å². The summed E-state index contributed by atoms with van der Waals surface area (Å²) in [6, 6.07) is 12.8. The Morgan fingerprint density at radius 2 is 2.08 bits per heavy atom. The second-order valence-electron chi connectivity index (χ2n) is 5.97. The number of esters is 1. The standard InChI is InChI=1S/C19H18ClNO3/c1-12-10-15(20)7-8-17(12)24-18(22)9-6-14-11-13-4-2-3-5-16(13)21-19(14)23/h2-5,7-8,10,14H,6,9,11H2,1H3,(H,21,23)/t14-/m0/s1. The zero-order valence-electron chi connectivity index (χ0n) is 13.3. The molecule has 1 aliphatic heterocycles. The number of amides is 1. The van der Waals surface area contributed by atoms with E-state index >= 15 is 0 Å². The Hall–Kier alpha value is -2.33. The first kappa shape index (κ1) is 16.5. The molecule has 5 heteroatoms. The third kappa shape index (κ3) is 3.77. The molecule has 4 nitrogen and oxygen atoms in total. The van der Waals surface area contributed by atoms with Crippen LogP contribution in [-0.4, -0.2) is 11.9 Å². The summed E-state index contributed by atoms with van der Waals surface area (Å²) < 4.78 is 5.37. The highest BCUT2D eigenvalue weighted by molar-refractivity contribution is 6.30. The van der Waals surface area contributed by atoms with Crippen LogP contribution in [0.15, 0.2) is 42.5 Å². The zero-order valence-corrected chi connectivity index (χ0v) is 14.1. The van der Waals surface area contributed by atoms with E-state index < -0.39 is 0 Å². The highest BCUT2D eigenvalue weighted by Crippen LogP contribution is 2.28. The Morgan fingerprint density at radius 1 is 1.29 bits per heavy atom. The molecule has 0 unspecified atom stereocenters. The van der Waals surface area contributed by atoms with Crippen LogP contribution >= 0.6 is 11.6 Å². The van der Waals surface area contributed by atoms with Crippen LogP contribution in [0.25, 0.3) is 0 Å². The molecule has 2 aromatic rings. The molecule has 1 amide bonds. The number of benzene rings is 2. The minimum atomic E-state index is -0.341. The van der Waals surface area contributed by atoms with Crippen molar-refractivity contribution in [3.63, 3.8) is 0 Å². The molecule has 124 valence electrons. The van der Waals surface area contributed by atoms with Crippen molar-refractivity contribution in [2.24, 2.45) is 5.92 Å². The van der Waals surface area contributed by atoms with Crippen LogP contribution in [0.4, 0.5) is 5.69 Å². The first-order chi connectivity index (χ1) is 11.5. The molecular formula is C19H18ClNO3. The number of rotatable bonds is 4. The molecule has 1 aliphatic rings. The van der Waals surface area contributed by atoms with Crippen molar-refractivity contribution in [2.45, 2.75) is 26.2 Å². The van der Waals surface area contributed by atoms with Crippen LogP contribution in [0, 0.1) is 12.8 Å². The van der Waals surface area contributed by atoms with E-state index in [0.29, 0.717) is 23.6 Å². The first-order valence-corrected chi connectivity index (χ1v) is 8.26. The van der Waals surface area contributed by atoms with Crippen molar-refractivity contribution in [3.05, 3.63) is 58.6 Å². The lowest BCUT2D eigenvalue weighted by molar-refractivity contribution is -0.134. The highest BCUT2D eigenvalue weighted by atomic mass is 35.5. The number of carbonyl (C=O) groups excluding carboxylic acids is 2. The van der Waals surface area contributed by atoms with Gasteiger partial charge in [-0.05, 0) is 55.2 Å². The largest absolute Gasteiger partial charge is 0.426 e. The van der Waals surface area contributed by atoms with Crippen LogP contribution in [-0.2, 0) is 16.0 Å². The number of nitrogens with one attached hydrogen (secondary N) is 1. The number of anilines is 1. The van der Waals surface area contributed by atoms with E-state index in [0.717, 1.165) is 16.8 Å². The summed E-state index contributed by atoms with van der Waals surface area (Å²) >= 11 is 5.89. The number of para-hydroxylation sites is 1. The third-order valence-corrected chi connectivity index (χ3v) is 4.41. The summed E-state index contributed by atoms with van der Waals surface area (Å²) in [6.07, 6.45) is 1.31. The maximum absolute atomic E-state index is 12.1. The Bertz CT molecular complexity index is 788. The van der Waals surface area contributed by atoms with Gasteiger partial charge in [0.05, 0.1) is 0 Å². The van der Waals surface area contributed by atoms with Gasteiger partial charge in [-0.25, -0.2) is 0 Å². The van der Waals surface area contributed by atoms with Gasteiger partial charge in [-0.3, -0.25) is 9.59 Å². The Morgan fingerprint density at radius 3 is 2.88 bits per heavy atom. The van der Waals surface area contributed by atoms with Gasteiger partial charge < -0.3 is 10.1 Å². The molecule has 1 atom stereocenters. The molecule has 0 saturated heterocycles. The van der Waals surface area contributed by atoms with Crippen molar-refractivity contribution in [3.8, 4) is 5.75 Å². The molecule has 0 aromatic heterocycles. The van der Waals surface area contributed by atoms with Gasteiger partial charge in [-0.2, -0.15) is 0 Å². The van der Waals surface area contributed by atoms with Gasteiger partial charge in [-0.15, -0.1) is 0 Å². The van der Waals surface area contributed by atoms with Gasteiger partial charge in [0.1, 0.15) is 5.75 Å². The topological polar surface area (TPSA) is 55.4 Å². The van der Waals surface area contributed by atoms with E-state index in [1.165, 1.54) is 0 Å². The molecule has 0 spiro atoms. The minimum absolute atomic E-state index is 0.0378. The molecule has 24 heavy (non-hydrogen) atoms. The van der Waals surface area contributed by atoms with E-state index in [9.17, 15) is 9.59 Å². The summed E-state index contributed by atoms with van der Waals surface area (Å²) in [6.45, 7) is 1.83. The number of carbonyl (C=O) groups is 2. The summed E-state index contributed by atoms with van der Waals surface area (Å²) in [5.41, 5.74) is 2.77. The molecule has 0 saturated carbocycles. The van der Waals surface area contributed by atoms with Crippen molar-refractivity contribution in [2.75, 3.05) is 5.32 Å². The fraction of sp³-hybridized carbons (Fsp3) is 0.263. The van der Waals surface area contributed by atoms with Crippen LogP contribution in [0.1, 0.15) is 24.0 Å². The molecule has 0 bridgehead atoms. The smallest absolute Gasteiger partial charge is 0.311 e. The quantitative estimate of drug-likeness (QED) is 0.670. The highest BCUT2D eigenvalue weighted by Gasteiger charge is 2.26. The van der Waals surface area contributed by atoms with Gasteiger partial charge in [0.25, 0.3) is 0 Å². The van der Waals surface area contributed by atoms with E-state index in [4.69, 9.17) is 16.3 Å². The molecule has 0 fully saturated rings. The maximum Gasteiger partial charge on any atom is 0.311 e. The average molecular weight is 344 g/mol. The second-order valence-corrected chi connectivity index (χ2v) is 6.41. The lowest BCUT2D eigenvalue weighted by Gasteiger charge is -2.24. The predicted molar refractivity (Wildman–Crippen MR) is 93.3 cm³/mol. The van der Waals surface area contributed by atoms with Crippen LogP contribution in [0.3, 0.4) is 0 Å². The summed E-state index contributed by atoms with van der Waals surface area (Å²) in [4.78, 5) is 24.2. The number of hydrogen-bond donors (Lipinski definition) is 1.